The number of nitrogens with one attached hydrogen (secondary N) is 2. The number of aromatic amines is 1. The molecule has 0 spiro atoms. The van der Waals surface area contributed by atoms with Gasteiger partial charge >= 0.3 is 0 Å². The molecule has 0 aliphatic rings. The standard InChI is InChI=1S/C17H15F2N3O/c1-10(11-4-5-20-16(19)7-11)21-9-13-6-12-2-3-14(18)8-15(12)22-17(13)23/h2-8,10,21H,9H2,1H3,(H,22,23). The molecule has 6 heteroatoms. The van der Waals surface area contributed by atoms with Crippen molar-refractivity contribution in [3.8, 4) is 0 Å². The summed E-state index contributed by atoms with van der Waals surface area (Å²) in [6.07, 6.45) is 1.40. The Hall–Kier alpha value is -2.60. The number of pyridine rings is 2. The number of hydrogen-bond donors (Lipinski definition) is 2. The molecule has 3 rings (SSSR count). The molecule has 4 nitrogen and oxygen atoms in total. The normalized spacial score (nSPS) is 12.5. The fraction of sp³-hybridized carbons (Fsp3) is 0.176. The molecule has 0 aliphatic heterocycles. The van der Waals surface area contributed by atoms with E-state index in [1.54, 1.807) is 18.2 Å². The number of nitrogens with zero attached hydrogens (tertiary/aromatic N) is 1. The van der Waals surface area contributed by atoms with E-state index in [-0.39, 0.29) is 11.6 Å². The molecule has 2 N–H and O–H groups in total. The molecule has 2 aromatic heterocycles. The first-order chi connectivity index (χ1) is 11.0. The monoisotopic (exact) mass is 315 g/mol. The molecule has 3 aromatic rings. The van der Waals surface area contributed by atoms with E-state index in [0.717, 1.165) is 10.9 Å². The van der Waals surface area contributed by atoms with Crippen molar-refractivity contribution in [2.75, 3.05) is 0 Å². The SMILES string of the molecule is CC(NCc1cc2ccc(F)cc2[nH]c1=O)c1ccnc(F)c1. The van der Waals surface area contributed by atoms with E-state index in [1.807, 2.05) is 6.92 Å². The molecular formula is C17H15F2N3O. The van der Waals surface area contributed by atoms with Crippen LogP contribution in [0.15, 0.2) is 47.4 Å². The van der Waals surface area contributed by atoms with Crippen LogP contribution in [-0.4, -0.2) is 9.97 Å². The van der Waals surface area contributed by atoms with Crippen LogP contribution in [0.4, 0.5) is 8.78 Å². The summed E-state index contributed by atoms with van der Waals surface area (Å²) in [7, 11) is 0. The van der Waals surface area contributed by atoms with Crippen LogP contribution in [0.1, 0.15) is 24.1 Å². The average molecular weight is 315 g/mol. The largest absolute Gasteiger partial charge is 0.322 e. The highest BCUT2D eigenvalue weighted by Crippen LogP contribution is 2.15. The van der Waals surface area contributed by atoms with Crippen molar-refractivity contribution in [1.82, 2.24) is 15.3 Å². The molecule has 1 unspecified atom stereocenters. The lowest BCUT2D eigenvalue weighted by atomic mass is 10.1. The van der Waals surface area contributed by atoms with Gasteiger partial charge in [0.15, 0.2) is 0 Å². The van der Waals surface area contributed by atoms with E-state index in [9.17, 15) is 13.6 Å². The highest BCUT2D eigenvalue weighted by atomic mass is 19.1. The molecule has 23 heavy (non-hydrogen) atoms. The number of fused-ring (bicyclic) bond motifs is 1. The lowest BCUT2D eigenvalue weighted by Crippen LogP contribution is -2.23. The molecular weight excluding hydrogens is 300 g/mol. The highest BCUT2D eigenvalue weighted by molar-refractivity contribution is 5.78. The zero-order valence-electron chi connectivity index (χ0n) is 12.4. The summed E-state index contributed by atoms with van der Waals surface area (Å²) in [4.78, 5) is 18.2. The van der Waals surface area contributed by atoms with Crippen molar-refractivity contribution in [2.24, 2.45) is 0 Å². The number of H-pyrrole nitrogens is 1. The van der Waals surface area contributed by atoms with E-state index in [2.05, 4.69) is 15.3 Å². The number of rotatable bonds is 4. The van der Waals surface area contributed by atoms with Crippen LogP contribution in [-0.2, 0) is 6.54 Å². The molecule has 0 fully saturated rings. The van der Waals surface area contributed by atoms with Crippen molar-refractivity contribution in [3.05, 3.63) is 75.8 Å². The first-order valence-corrected chi connectivity index (χ1v) is 7.19. The van der Waals surface area contributed by atoms with Crippen molar-refractivity contribution in [2.45, 2.75) is 19.5 Å². The van der Waals surface area contributed by atoms with Crippen LogP contribution in [0.2, 0.25) is 0 Å². The van der Waals surface area contributed by atoms with Gasteiger partial charge in [-0.25, -0.2) is 9.37 Å². The van der Waals surface area contributed by atoms with Crippen LogP contribution in [0, 0.1) is 11.8 Å². The smallest absolute Gasteiger partial charge is 0.252 e. The summed E-state index contributed by atoms with van der Waals surface area (Å²) in [5.74, 6) is -0.936. The van der Waals surface area contributed by atoms with Crippen molar-refractivity contribution in [3.63, 3.8) is 0 Å². The Morgan fingerprint density at radius 1 is 1.22 bits per heavy atom. The molecule has 0 saturated heterocycles. The zero-order valence-corrected chi connectivity index (χ0v) is 12.4. The minimum Gasteiger partial charge on any atom is -0.322 e. The molecule has 2 heterocycles. The Morgan fingerprint density at radius 2 is 2.04 bits per heavy atom. The van der Waals surface area contributed by atoms with E-state index in [4.69, 9.17) is 0 Å². The van der Waals surface area contributed by atoms with Crippen LogP contribution in [0.25, 0.3) is 10.9 Å². The number of hydrogen-bond acceptors (Lipinski definition) is 3. The fourth-order valence-electron chi connectivity index (χ4n) is 2.42. The maximum absolute atomic E-state index is 13.2. The molecule has 0 bridgehead atoms. The lowest BCUT2D eigenvalue weighted by molar-refractivity contribution is 0.550. The lowest BCUT2D eigenvalue weighted by Gasteiger charge is -2.14. The van der Waals surface area contributed by atoms with Crippen LogP contribution in [0.5, 0.6) is 0 Å². The second-order valence-corrected chi connectivity index (χ2v) is 5.37. The first-order valence-electron chi connectivity index (χ1n) is 7.19. The number of aromatic nitrogens is 2. The molecule has 0 saturated carbocycles. The third kappa shape index (κ3) is 3.43. The Kier molecular flexibility index (Phi) is 4.16. The van der Waals surface area contributed by atoms with Gasteiger partial charge in [0.1, 0.15) is 5.82 Å². The summed E-state index contributed by atoms with van der Waals surface area (Å²) < 4.78 is 26.3. The van der Waals surface area contributed by atoms with E-state index >= 15 is 0 Å². The van der Waals surface area contributed by atoms with Gasteiger partial charge in [0.25, 0.3) is 5.56 Å². The fourth-order valence-corrected chi connectivity index (χ4v) is 2.42. The number of benzene rings is 1. The highest BCUT2D eigenvalue weighted by Gasteiger charge is 2.09. The Balaban J connectivity index is 1.80. The minimum atomic E-state index is -0.540. The third-order valence-corrected chi connectivity index (χ3v) is 3.73. The van der Waals surface area contributed by atoms with Crippen molar-refractivity contribution >= 4 is 10.9 Å². The van der Waals surface area contributed by atoms with Gasteiger partial charge in [-0.15, -0.1) is 0 Å². The van der Waals surface area contributed by atoms with Crippen molar-refractivity contribution in [1.29, 1.82) is 0 Å². The molecule has 0 aliphatic carbocycles. The Labute approximate surface area is 131 Å². The predicted octanol–water partition coefficient (Wildman–Crippen LogP) is 3.05. The van der Waals surface area contributed by atoms with Gasteiger partial charge < -0.3 is 10.3 Å². The van der Waals surface area contributed by atoms with Crippen LogP contribution < -0.4 is 10.9 Å². The Bertz CT molecular complexity index is 908. The predicted molar refractivity (Wildman–Crippen MR) is 84.0 cm³/mol. The second-order valence-electron chi connectivity index (χ2n) is 5.37. The van der Waals surface area contributed by atoms with E-state index < -0.39 is 11.8 Å². The van der Waals surface area contributed by atoms with E-state index in [0.29, 0.717) is 17.6 Å². The second kappa shape index (κ2) is 6.26. The summed E-state index contributed by atoms with van der Waals surface area (Å²) in [5, 5.41) is 3.93. The van der Waals surface area contributed by atoms with Gasteiger partial charge in [0.05, 0.1) is 5.52 Å². The quantitative estimate of drug-likeness (QED) is 0.728. The Morgan fingerprint density at radius 3 is 2.83 bits per heavy atom. The van der Waals surface area contributed by atoms with E-state index in [1.165, 1.54) is 24.4 Å². The van der Waals surface area contributed by atoms with Crippen LogP contribution in [0.3, 0.4) is 0 Å². The summed E-state index contributed by atoms with van der Waals surface area (Å²) in [6, 6.07) is 8.90. The molecule has 118 valence electrons. The third-order valence-electron chi connectivity index (χ3n) is 3.73. The maximum atomic E-state index is 13.2. The minimum absolute atomic E-state index is 0.143. The first kappa shape index (κ1) is 15.3. The zero-order chi connectivity index (χ0) is 16.4. The van der Waals surface area contributed by atoms with Gasteiger partial charge in [0, 0.05) is 24.3 Å². The molecule has 1 aromatic carbocycles. The van der Waals surface area contributed by atoms with Crippen molar-refractivity contribution < 1.29 is 8.78 Å². The summed E-state index contributed by atoms with van der Waals surface area (Å²) >= 11 is 0. The summed E-state index contributed by atoms with van der Waals surface area (Å²) in [5.41, 5.74) is 1.47. The van der Waals surface area contributed by atoms with Gasteiger partial charge in [-0.2, -0.15) is 4.39 Å². The maximum Gasteiger partial charge on any atom is 0.252 e. The molecule has 0 amide bonds. The number of halogens is 2. The topological polar surface area (TPSA) is 57.8 Å². The van der Waals surface area contributed by atoms with Gasteiger partial charge in [-0.05, 0) is 54.3 Å². The van der Waals surface area contributed by atoms with Gasteiger partial charge in [0.2, 0.25) is 5.95 Å². The average Bonchev–Trinajstić information content (AvgIpc) is 2.52. The van der Waals surface area contributed by atoms with Gasteiger partial charge in [-0.3, -0.25) is 4.79 Å². The summed E-state index contributed by atoms with van der Waals surface area (Å²) in [6.45, 7) is 2.19. The molecule has 0 radical (unpaired) electrons. The van der Waals surface area contributed by atoms with Crippen LogP contribution >= 0.6 is 0 Å². The molecule has 1 atom stereocenters. The van der Waals surface area contributed by atoms with Gasteiger partial charge in [-0.1, -0.05) is 0 Å².